The van der Waals surface area contributed by atoms with Crippen molar-refractivity contribution in [2.45, 2.75) is 39.7 Å². The van der Waals surface area contributed by atoms with Gasteiger partial charge in [-0.25, -0.2) is 0 Å². The van der Waals surface area contributed by atoms with E-state index >= 15 is 0 Å². The van der Waals surface area contributed by atoms with Crippen molar-refractivity contribution >= 4 is 5.69 Å². The van der Waals surface area contributed by atoms with Gasteiger partial charge in [0, 0.05) is 18.2 Å². The van der Waals surface area contributed by atoms with Crippen LogP contribution in [-0.2, 0) is 0 Å². The van der Waals surface area contributed by atoms with Crippen LogP contribution < -0.4 is 14.8 Å². The molecular formula is C15H24N2O4. The van der Waals surface area contributed by atoms with Gasteiger partial charge in [0.05, 0.1) is 18.1 Å². The summed E-state index contributed by atoms with van der Waals surface area (Å²) in [6.45, 7) is 8.02. The van der Waals surface area contributed by atoms with E-state index < -0.39 is 4.92 Å². The zero-order valence-electron chi connectivity index (χ0n) is 12.9. The summed E-state index contributed by atoms with van der Waals surface area (Å²) in [6, 6.07) is 5.07. The van der Waals surface area contributed by atoms with Crippen LogP contribution in [0.4, 0.5) is 5.69 Å². The van der Waals surface area contributed by atoms with Crippen LogP contribution in [0.2, 0.25) is 0 Å². The summed E-state index contributed by atoms with van der Waals surface area (Å²) >= 11 is 0. The molecule has 21 heavy (non-hydrogen) atoms. The van der Waals surface area contributed by atoms with Crippen LogP contribution in [0.15, 0.2) is 18.2 Å². The molecule has 0 fully saturated rings. The molecule has 0 aliphatic rings. The molecular weight excluding hydrogens is 272 g/mol. The molecule has 0 atom stereocenters. The first-order valence-corrected chi connectivity index (χ1v) is 7.32. The van der Waals surface area contributed by atoms with Crippen LogP contribution in [0.5, 0.6) is 11.5 Å². The minimum Gasteiger partial charge on any atom is -0.493 e. The van der Waals surface area contributed by atoms with E-state index in [9.17, 15) is 10.1 Å². The molecule has 0 bridgehead atoms. The summed E-state index contributed by atoms with van der Waals surface area (Å²) in [5, 5.41) is 14.2. The average molecular weight is 296 g/mol. The molecule has 0 aliphatic carbocycles. The van der Waals surface area contributed by atoms with Crippen molar-refractivity contribution in [2.24, 2.45) is 0 Å². The molecule has 0 spiro atoms. The standard InChI is InChI=1S/C15H24N2O4/c1-4-9-21-15-11-13(6-7-14(15)17(18)19)20-10-5-8-16-12(2)3/h6-7,11-12,16H,4-5,8-10H2,1-3H3. The van der Waals surface area contributed by atoms with E-state index in [1.54, 1.807) is 12.1 Å². The van der Waals surface area contributed by atoms with Gasteiger partial charge in [-0.3, -0.25) is 10.1 Å². The van der Waals surface area contributed by atoms with E-state index in [4.69, 9.17) is 9.47 Å². The highest BCUT2D eigenvalue weighted by Crippen LogP contribution is 2.31. The summed E-state index contributed by atoms with van der Waals surface area (Å²) < 4.78 is 11.0. The van der Waals surface area contributed by atoms with Crippen LogP contribution in [0.1, 0.15) is 33.6 Å². The maximum atomic E-state index is 10.9. The van der Waals surface area contributed by atoms with Crippen molar-refractivity contribution < 1.29 is 14.4 Å². The van der Waals surface area contributed by atoms with E-state index in [1.165, 1.54) is 6.07 Å². The second-order valence-electron chi connectivity index (χ2n) is 5.05. The van der Waals surface area contributed by atoms with Gasteiger partial charge in [0.25, 0.3) is 0 Å². The molecule has 6 nitrogen and oxygen atoms in total. The Balaban J connectivity index is 2.56. The molecule has 1 N–H and O–H groups in total. The molecule has 0 radical (unpaired) electrons. The molecule has 0 saturated carbocycles. The lowest BCUT2D eigenvalue weighted by atomic mass is 10.2. The Bertz CT molecular complexity index is 449. The summed E-state index contributed by atoms with van der Waals surface area (Å²) in [6.07, 6.45) is 1.67. The average Bonchev–Trinajstić information content (AvgIpc) is 2.44. The van der Waals surface area contributed by atoms with E-state index in [0.29, 0.717) is 25.0 Å². The quantitative estimate of drug-likeness (QED) is 0.408. The molecule has 118 valence electrons. The summed E-state index contributed by atoms with van der Waals surface area (Å²) in [4.78, 5) is 10.5. The van der Waals surface area contributed by atoms with E-state index in [2.05, 4.69) is 19.2 Å². The molecule has 0 amide bonds. The van der Waals surface area contributed by atoms with Gasteiger partial charge >= 0.3 is 5.69 Å². The Morgan fingerprint density at radius 2 is 2.05 bits per heavy atom. The Hall–Kier alpha value is -1.82. The third kappa shape index (κ3) is 6.44. The molecule has 0 heterocycles. The number of nitrogens with one attached hydrogen (secondary N) is 1. The van der Waals surface area contributed by atoms with Gasteiger partial charge in [-0.15, -0.1) is 0 Å². The molecule has 1 aromatic carbocycles. The second-order valence-corrected chi connectivity index (χ2v) is 5.05. The molecule has 6 heteroatoms. The number of nitro benzene ring substituents is 1. The predicted molar refractivity (Wildman–Crippen MR) is 82.1 cm³/mol. The van der Waals surface area contributed by atoms with Crippen molar-refractivity contribution in [3.05, 3.63) is 28.3 Å². The predicted octanol–water partition coefficient (Wildman–Crippen LogP) is 3.15. The highest BCUT2D eigenvalue weighted by atomic mass is 16.6. The number of rotatable bonds is 10. The second kappa shape index (κ2) is 9.18. The topological polar surface area (TPSA) is 73.6 Å². The fraction of sp³-hybridized carbons (Fsp3) is 0.600. The largest absolute Gasteiger partial charge is 0.493 e. The minimum atomic E-state index is -0.443. The molecule has 0 aromatic heterocycles. The van der Waals surface area contributed by atoms with Crippen LogP contribution in [0.25, 0.3) is 0 Å². The lowest BCUT2D eigenvalue weighted by Crippen LogP contribution is -2.24. The zero-order chi connectivity index (χ0) is 15.7. The van der Waals surface area contributed by atoms with Gasteiger partial charge in [-0.1, -0.05) is 20.8 Å². The maximum Gasteiger partial charge on any atom is 0.311 e. The first-order chi connectivity index (χ1) is 10.0. The number of ether oxygens (including phenoxy) is 2. The highest BCUT2D eigenvalue weighted by Gasteiger charge is 2.16. The lowest BCUT2D eigenvalue weighted by molar-refractivity contribution is -0.385. The Labute approximate surface area is 125 Å². The number of hydrogen-bond donors (Lipinski definition) is 1. The van der Waals surface area contributed by atoms with Crippen LogP contribution in [0.3, 0.4) is 0 Å². The Morgan fingerprint density at radius 1 is 1.29 bits per heavy atom. The van der Waals surface area contributed by atoms with Crippen molar-refractivity contribution in [1.29, 1.82) is 0 Å². The van der Waals surface area contributed by atoms with E-state index in [1.807, 2.05) is 6.92 Å². The number of nitro groups is 1. The van der Waals surface area contributed by atoms with Gasteiger partial charge in [-0.05, 0) is 25.5 Å². The number of nitrogens with zero attached hydrogens (tertiary/aromatic N) is 1. The summed E-state index contributed by atoms with van der Waals surface area (Å²) in [7, 11) is 0. The lowest BCUT2D eigenvalue weighted by Gasteiger charge is -2.11. The summed E-state index contributed by atoms with van der Waals surface area (Å²) in [5.41, 5.74) is -0.0303. The zero-order valence-corrected chi connectivity index (χ0v) is 12.9. The van der Waals surface area contributed by atoms with Crippen LogP contribution >= 0.6 is 0 Å². The first-order valence-electron chi connectivity index (χ1n) is 7.32. The van der Waals surface area contributed by atoms with Crippen molar-refractivity contribution in [2.75, 3.05) is 19.8 Å². The molecule has 0 aliphatic heterocycles. The number of hydrogen-bond acceptors (Lipinski definition) is 5. The number of benzene rings is 1. The molecule has 0 unspecified atom stereocenters. The molecule has 1 aromatic rings. The van der Waals surface area contributed by atoms with Gasteiger partial charge in [0.15, 0.2) is 0 Å². The van der Waals surface area contributed by atoms with Crippen molar-refractivity contribution in [3.8, 4) is 11.5 Å². The van der Waals surface area contributed by atoms with Gasteiger partial charge in [-0.2, -0.15) is 0 Å². The van der Waals surface area contributed by atoms with Gasteiger partial charge < -0.3 is 14.8 Å². The van der Waals surface area contributed by atoms with Crippen molar-refractivity contribution in [3.63, 3.8) is 0 Å². The fourth-order valence-electron chi connectivity index (χ4n) is 1.72. The smallest absolute Gasteiger partial charge is 0.311 e. The van der Waals surface area contributed by atoms with Gasteiger partial charge in [0.2, 0.25) is 5.75 Å². The van der Waals surface area contributed by atoms with Gasteiger partial charge in [0.1, 0.15) is 5.75 Å². The normalized spacial score (nSPS) is 10.7. The Morgan fingerprint density at radius 3 is 2.67 bits per heavy atom. The monoisotopic (exact) mass is 296 g/mol. The fourth-order valence-corrected chi connectivity index (χ4v) is 1.72. The highest BCUT2D eigenvalue weighted by molar-refractivity contribution is 5.50. The van der Waals surface area contributed by atoms with E-state index in [0.717, 1.165) is 19.4 Å². The van der Waals surface area contributed by atoms with Crippen LogP contribution in [-0.4, -0.2) is 30.7 Å². The molecule has 0 saturated heterocycles. The summed E-state index contributed by atoms with van der Waals surface area (Å²) in [5.74, 6) is 0.857. The third-order valence-electron chi connectivity index (χ3n) is 2.73. The van der Waals surface area contributed by atoms with Crippen molar-refractivity contribution in [1.82, 2.24) is 5.32 Å². The maximum absolute atomic E-state index is 10.9. The minimum absolute atomic E-state index is 0.0303. The van der Waals surface area contributed by atoms with E-state index in [-0.39, 0.29) is 11.4 Å². The third-order valence-corrected chi connectivity index (χ3v) is 2.73. The SMILES string of the molecule is CCCOc1cc(OCCCNC(C)C)ccc1[N+](=O)[O-]. The van der Waals surface area contributed by atoms with Crippen LogP contribution in [0, 0.1) is 10.1 Å². The first kappa shape index (κ1) is 17.2. The molecule has 1 rings (SSSR count). The Kier molecular flexibility index (Phi) is 7.53.